The normalized spacial score (nSPS) is 11.7. The van der Waals surface area contributed by atoms with Crippen LogP contribution >= 0.6 is 27.3 Å². The highest BCUT2D eigenvalue weighted by molar-refractivity contribution is 9.10. The molecule has 1 aromatic carbocycles. The minimum Gasteiger partial charge on any atom is -0.469 e. The maximum absolute atomic E-state index is 12.2. The molecule has 0 bridgehead atoms. The highest BCUT2D eigenvalue weighted by Crippen LogP contribution is 2.20. The fourth-order valence-corrected chi connectivity index (χ4v) is 3.12. The largest absolute Gasteiger partial charge is 0.469 e. The SMILES string of the molecule is COC(=O)CC(NC(=O)CCc1ccsc1)c1ccc(Br)cc1. The molecule has 1 aromatic heterocycles. The third kappa shape index (κ3) is 5.80. The number of ether oxygens (including phenoxy) is 1. The molecular weight excluding hydrogens is 378 g/mol. The molecule has 2 aromatic rings. The average molecular weight is 396 g/mol. The first-order valence-electron chi connectivity index (χ1n) is 7.21. The van der Waals surface area contributed by atoms with Crippen LogP contribution in [0.4, 0.5) is 0 Å². The molecule has 2 rings (SSSR count). The van der Waals surface area contributed by atoms with Crippen molar-refractivity contribution in [2.75, 3.05) is 7.11 Å². The van der Waals surface area contributed by atoms with Gasteiger partial charge in [-0.05, 0) is 46.5 Å². The Kier molecular flexibility index (Phi) is 6.80. The molecule has 4 nitrogen and oxygen atoms in total. The van der Waals surface area contributed by atoms with Crippen molar-refractivity contribution in [3.63, 3.8) is 0 Å². The van der Waals surface area contributed by atoms with Crippen molar-refractivity contribution in [3.05, 3.63) is 56.7 Å². The third-order valence-corrected chi connectivity index (χ3v) is 4.69. The summed E-state index contributed by atoms with van der Waals surface area (Å²) in [6.07, 6.45) is 1.20. The topological polar surface area (TPSA) is 55.4 Å². The lowest BCUT2D eigenvalue weighted by atomic mass is 10.0. The first kappa shape index (κ1) is 17.7. The number of aryl methyl sites for hydroxylation is 1. The summed E-state index contributed by atoms with van der Waals surface area (Å²) in [5.74, 6) is -0.427. The number of benzene rings is 1. The van der Waals surface area contributed by atoms with E-state index in [0.717, 1.165) is 15.6 Å². The van der Waals surface area contributed by atoms with E-state index in [9.17, 15) is 9.59 Å². The molecule has 1 N–H and O–H groups in total. The van der Waals surface area contributed by atoms with Gasteiger partial charge in [0.05, 0.1) is 19.6 Å². The van der Waals surface area contributed by atoms with Crippen LogP contribution in [-0.4, -0.2) is 19.0 Å². The van der Waals surface area contributed by atoms with Gasteiger partial charge in [-0.1, -0.05) is 28.1 Å². The van der Waals surface area contributed by atoms with Crippen LogP contribution < -0.4 is 5.32 Å². The molecule has 1 atom stereocenters. The monoisotopic (exact) mass is 395 g/mol. The van der Waals surface area contributed by atoms with Gasteiger partial charge in [-0.2, -0.15) is 11.3 Å². The molecule has 0 saturated carbocycles. The van der Waals surface area contributed by atoms with E-state index >= 15 is 0 Å². The first-order valence-corrected chi connectivity index (χ1v) is 8.95. The lowest BCUT2D eigenvalue weighted by molar-refractivity contribution is -0.141. The van der Waals surface area contributed by atoms with Crippen LogP contribution in [0.2, 0.25) is 0 Å². The summed E-state index contributed by atoms with van der Waals surface area (Å²) >= 11 is 5.00. The average Bonchev–Trinajstić information content (AvgIpc) is 3.06. The van der Waals surface area contributed by atoms with Crippen LogP contribution in [0.25, 0.3) is 0 Å². The summed E-state index contributed by atoms with van der Waals surface area (Å²) in [5, 5.41) is 6.96. The molecule has 0 radical (unpaired) electrons. The minimum absolute atomic E-state index is 0.0759. The van der Waals surface area contributed by atoms with E-state index in [1.54, 1.807) is 11.3 Å². The second-order valence-corrected chi connectivity index (χ2v) is 6.78. The maximum Gasteiger partial charge on any atom is 0.307 e. The van der Waals surface area contributed by atoms with E-state index in [0.29, 0.717) is 12.8 Å². The number of methoxy groups -OCH3 is 1. The zero-order chi connectivity index (χ0) is 16.7. The van der Waals surface area contributed by atoms with Gasteiger partial charge in [0.1, 0.15) is 0 Å². The molecule has 0 aliphatic rings. The van der Waals surface area contributed by atoms with Crippen molar-refractivity contribution >= 4 is 39.1 Å². The van der Waals surface area contributed by atoms with E-state index in [1.165, 1.54) is 7.11 Å². The van der Waals surface area contributed by atoms with Gasteiger partial charge < -0.3 is 10.1 Å². The standard InChI is InChI=1S/C17H18BrNO3S/c1-22-17(21)10-15(13-3-5-14(18)6-4-13)19-16(20)7-2-12-8-9-23-11-12/h3-6,8-9,11,15H,2,7,10H2,1H3,(H,19,20). The molecule has 0 saturated heterocycles. The molecule has 23 heavy (non-hydrogen) atoms. The van der Waals surface area contributed by atoms with Crippen LogP contribution in [0.3, 0.4) is 0 Å². The van der Waals surface area contributed by atoms with Crippen molar-refractivity contribution < 1.29 is 14.3 Å². The van der Waals surface area contributed by atoms with Gasteiger partial charge in [-0.3, -0.25) is 9.59 Å². The predicted octanol–water partition coefficient (Wildman–Crippen LogP) is 3.86. The molecule has 0 aliphatic heterocycles. The number of esters is 1. The summed E-state index contributed by atoms with van der Waals surface area (Å²) in [6, 6.07) is 9.17. The predicted molar refractivity (Wildman–Crippen MR) is 94.3 cm³/mol. The van der Waals surface area contributed by atoms with E-state index in [-0.39, 0.29) is 24.3 Å². The first-order chi connectivity index (χ1) is 11.1. The van der Waals surface area contributed by atoms with E-state index in [4.69, 9.17) is 4.74 Å². The zero-order valence-electron chi connectivity index (χ0n) is 12.8. The van der Waals surface area contributed by atoms with Gasteiger partial charge in [0.2, 0.25) is 5.91 Å². The number of rotatable bonds is 7. The number of carbonyl (C=O) groups is 2. The van der Waals surface area contributed by atoms with Gasteiger partial charge in [-0.25, -0.2) is 0 Å². The number of hydrogen-bond donors (Lipinski definition) is 1. The van der Waals surface area contributed by atoms with Crippen LogP contribution in [0.1, 0.15) is 30.0 Å². The van der Waals surface area contributed by atoms with E-state index in [1.807, 2.05) is 41.1 Å². The molecule has 0 aliphatic carbocycles. The van der Waals surface area contributed by atoms with Gasteiger partial charge in [0.25, 0.3) is 0 Å². The number of amides is 1. The molecule has 0 spiro atoms. The smallest absolute Gasteiger partial charge is 0.307 e. The highest BCUT2D eigenvalue weighted by Gasteiger charge is 2.18. The van der Waals surface area contributed by atoms with Crippen molar-refractivity contribution in [3.8, 4) is 0 Å². The lowest BCUT2D eigenvalue weighted by Gasteiger charge is -2.18. The Bertz CT molecular complexity index is 640. The molecular formula is C17H18BrNO3S. The second-order valence-electron chi connectivity index (χ2n) is 5.08. The molecule has 122 valence electrons. The van der Waals surface area contributed by atoms with Crippen molar-refractivity contribution in [2.45, 2.75) is 25.3 Å². The Labute approximate surface area is 148 Å². The molecule has 0 fully saturated rings. The number of nitrogens with one attached hydrogen (secondary N) is 1. The summed E-state index contributed by atoms with van der Waals surface area (Å²) in [7, 11) is 1.35. The van der Waals surface area contributed by atoms with Crippen molar-refractivity contribution in [1.29, 1.82) is 0 Å². The quantitative estimate of drug-likeness (QED) is 0.723. The van der Waals surface area contributed by atoms with Crippen molar-refractivity contribution in [2.24, 2.45) is 0 Å². The highest BCUT2D eigenvalue weighted by atomic mass is 79.9. The van der Waals surface area contributed by atoms with E-state index in [2.05, 4.69) is 21.2 Å². The van der Waals surface area contributed by atoms with Gasteiger partial charge >= 0.3 is 5.97 Å². The van der Waals surface area contributed by atoms with Gasteiger partial charge in [0.15, 0.2) is 0 Å². The van der Waals surface area contributed by atoms with Gasteiger partial charge in [-0.15, -0.1) is 0 Å². The van der Waals surface area contributed by atoms with Crippen LogP contribution in [0.5, 0.6) is 0 Å². The Morgan fingerprint density at radius 2 is 2.00 bits per heavy atom. The van der Waals surface area contributed by atoms with E-state index < -0.39 is 0 Å². The molecule has 6 heteroatoms. The summed E-state index contributed by atoms with van der Waals surface area (Å²) in [6.45, 7) is 0. The minimum atomic E-state index is -0.384. The maximum atomic E-state index is 12.2. The molecule has 1 unspecified atom stereocenters. The fourth-order valence-electron chi connectivity index (χ4n) is 2.16. The Morgan fingerprint density at radius 1 is 1.26 bits per heavy atom. The van der Waals surface area contributed by atoms with Crippen LogP contribution in [0.15, 0.2) is 45.6 Å². The lowest BCUT2D eigenvalue weighted by Crippen LogP contribution is -2.30. The molecule has 1 amide bonds. The number of thiophene rings is 1. The number of carbonyl (C=O) groups excluding carboxylic acids is 2. The number of halogens is 1. The van der Waals surface area contributed by atoms with Crippen LogP contribution in [0, 0.1) is 0 Å². The summed E-state index contributed by atoms with van der Waals surface area (Å²) < 4.78 is 5.67. The summed E-state index contributed by atoms with van der Waals surface area (Å²) in [4.78, 5) is 23.8. The summed E-state index contributed by atoms with van der Waals surface area (Å²) in [5.41, 5.74) is 2.03. The molecule has 1 heterocycles. The second kappa shape index (κ2) is 8.84. The zero-order valence-corrected chi connectivity index (χ0v) is 15.2. The van der Waals surface area contributed by atoms with Crippen LogP contribution in [-0.2, 0) is 20.7 Å². The third-order valence-electron chi connectivity index (χ3n) is 3.43. The Balaban J connectivity index is 1.99. The number of hydrogen-bond acceptors (Lipinski definition) is 4. The Morgan fingerprint density at radius 3 is 2.61 bits per heavy atom. The van der Waals surface area contributed by atoms with Gasteiger partial charge in [0, 0.05) is 10.9 Å². The van der Waals surface area contributed by atoms with Crippen molar-refractivity contribution in [1.82, 2.24) is 5.32 Å². The Hall–Kier alpha value is -1.66. The fraction of sp³-hybridized carbons (Fsp3) is 0.294.